The first-order chi connectivity index (χ1) is 8.70. The third-order valence-electron chi connectivity index (χ3n) is 4.42. The minimum atomic E-state index is -0.132. The van der Waals surface area contributed by atoms with Gasteiger partial charge in [-0.15, -0.1) is 0 Å². The van der Waals surface area contributed by atoms with Crippen LogP contribution in [-0.2, 0) is 0 Å². The van der Waals surface area contributed by atoms with Crippen LogP contribution in [0.25, 0.3) is 0 Å². The highest BCUT2D eigenvalue weighted by Crippen LogP contribution is 2.44. The van der Waals surface area contributed by atoms with E-state index in [1.807, 2.05) is 13.0 Å². The number of benzene rings is 1. The van der Waals surface area contributed by atoms with E-state index in [-0.39, 0.29) is 5.82 Å². The van der Waals surface area contributed by atoms with Crippen molar-refractivity contribution in [1.82, 2.24) is 0 Å². The fraction of sp³-hybridized carbons (Fsp3) is 0.625. The molecular weight excluding hydrogens is 225 g/mol. The monoisotopic (exact) mass is 247 g/mol. The zero-order valence-corrected chi connectivity index (χ0v) is 11.1. The normalized spacial score (nSPS) is 28.1. The molecule has 3 rings (SSSR count). The molecule has 1 nitrogen and oxygen atoms in total. The lowest BCUT2D eigenvalue weighted by Gasteiger charge is -2.30. The third-order valence-corrected chi connectivity index (χ3v) is 4.42. The summed E-state index contributed by atoms with van der Waals surface area (Å²) < 4.78 is 13.4. The second-order valence-electron chi connectivity index (χ2n) is 6.12. The molecule has 2 heteroatoms. The van der Waals surface area contributed by atoms with Gasteiger partial charge >= 0.3 is 0 Å². The number of rotatable bonds is 3. The Morgan fingerprint density at radius 1 is 1.06 bits per heavy atom. The summed E-state index contributed by atoms with van der Waals surface area (Å²) in [6.45, 7) is 1.95. The Kier molecular flexibility index (Phi) is 3.27. The molecule has 0 saturated heterocycles. The molecule has 1 aromatic rings. The maximum Gasteiger partial charge on any atom is 0.125 e. The predicted molar refractivity (Wildman–Crippen MR) is 73.2 cm³/mol. The van der Waals surface area contributed by atoms with Crippen LogP contribution in [0.4, 0.5) is 10.1 Å². The molecule has 0 heterocycles. The molecule has 18 heavy (non-hydrogen) atoms. The van der Waals surface area contributed by atoms with Crippen LogP contribution in [0.3, 0.4) is 0 Å². The van der Waals surface area contributed by atoms with Crippen LogP contribution < -0.4 is 5.32 Å². The van der Waals surface area contributed by atoms with E-state index in [0.717, 1.165) is 23.1 Å². The van der Waals surface area contributed by atoms with Crippen molar-refractivity contribution in [2.24, 2.45) is 11.8 Å². The molecule has 0 bridgehead atoms. The summed E-state index contributed by atoms with van der Waals surface area (Å²) in [5.74, 6) is 1.79. The predicted octanol–water partition coefficient (Wildman–Crippen LogP) is 4.51. The van der Waals surface area contributed by atoms with E-state index in [0.29, 0.717) is 6.04 Å². The van der Waals surface area contributed by atoms with Crippen LogP contribution in [0.1, 0.15) is 44.1 Å². The maximum absolute atomic E-state index is 13.4. The summed E-state index contributed by atoms with van der Waals surface area (Å²) in [4.78, 5) is 0. The molecule has 2 fully saturated rings. The van der Waals surface area contributed by atoms with Gasteiger partial charge in [0.25, 0.3) is 0 Å². The Bertz CT molecular complexity index is 405. The number of anilines is 1. The lowest BCUT2D eigenvalue weighted by atomic mass is 9.82. The minimum absolute atomic E-state index is 0.132. The zero-order chi connectivity index (χ0) is 12.5. The van der Waals surface area contributed by atoms with Crippen LogP contribution in [0, 0.1) is 24.6 Å². The van der Waals surface area contributed by atoms with Gasteiger partial charge in [0.2, 0.25) is 0 Å². The van der Waals surface area contributed by atoms with Crippen molar-refractivity contribution < 1.29 is 4.39 Å². The van der Waals surface area contributed by atoms with Crippen molar-refractivity contribution in [3.63, 3.8) is 0 Å². The summed E-state index contributed by atoms with van der Waals surface area (Å²) in [6.07, 6.45) is 8.13. The van der Waals surface area contributed by atoms with Gasteiger partial charge in [0, 0.05) is 11.7 Å². The number of nitrogens with one attached hydrogen (secondary N) is 1. The lowest BCUT2D eigenvalue weighted by molar-refractivity contribution is 0.303. The van der Waals surface area contributed by atoms with E-state index in [1.165, 1.54) is 38.5 Å². The van der Waals surface area contributed by atoms with Crippen molar-refractivity contribution in [3.05, 3.63) is 29.6 Å². The summed E-state index contributed by atoms with van der Waals surface area (Å²) in [7, 11) is 0. The van der Waals surface area contributed by atoms with Gasteiger partial charge in [-0.3, -0.25) is 0 Å². The average molecular weight is 247 g/mol. The SMILES string of the molecule is Cc1cc(F)cc(NC2CCCC(C3CC3)C2)c1. The Hall–Kier alpha value is -1.05. The molecule has 2 atom stereocenters. The molecule has 0 radical (unpaired) electrons. The molecule has 0 aliphatic heterocycles. The number of aryl methyl sites for hydroxylation is 1. The van der Waals surface area contributed by atoms with Crippen molar-refractivity contribution in [3.8, 4) is 0 Å². The molecule has 2 saturated carbocycles. The Labute approximate surface area is 109 Å². The van der Waals surface area contributed by atoms with Gasteiger partial charge in [0.1, 0.15) is 5.82 Å². The molecule has 1 aromatic carbocycles. The Balaban J connectivity index is 1.64. The molecule has 0 aromatic heterocycles. The first kappa shape index (κ1) is 12.0. The average Bonchev–Trinajstić information content (AvgIpc) is 3.11. The highest BCUT2D eigenvalue weighted by molar-refractivity contribution is 5.46. The zero-order valence-electron chi connectivity index (χ0n) is 11.1. The van der Waals surface area contributed by atoms with Gasteiger partial charge in [0.15, 0.2) is 0 Å². The van der Waals surface area contributed by atoms with Crippen LogP contribution in [0.2, 0.25) is 0 Å². The van der Waals surface area contributed by atoms with Crippen molar-refractivity contribution >= 4 is 5.69 Å². The summed E-state index contributed by atoms with van der Waals surface area (Å²) in [5.41, 5.74) is 1.95. The van der Waals surface area contributed by atoms with Crippen LogP contribution in [0.5, 0.6) is 0 Å². The molecule has 0 amide bonds. The van der Waals surface area contributed by atoms with Gasteiger partial charge in [-0.05, 0) is 68.2 Å². The van der Waals surface area contributed by atoms with E-state index in [2.05, 4.69) is 5.32 Å². The Morgan fingerprint density at radius 2 is 1.89 bits per heavy atom. The van der Waals surface area contributed by atoms with Gasteiger partial charge in [-0.1, -0.05) is 12.8 Å². The topological polar surface area (TPSA) is 12.0 Å². The fourth-order valence-electron chi connectivity index (χ4n) is 3.41. The lowest BCUT2D eigenvalue weighted by Crippen LogP contribution is -2.28. The molecule has 1 N–H and O–H groups in total. The van der Waals surface area contributed by atoms with Gasteiger partial charge in [-0.2, -0.15) is 0 Å². The molecular formula is C16H22FN. The van der Waals surface area contributed by atoms with E-state index in [1.54, 1.807) is 12.1 Å². The second kappa shape index (κ2) is 4.91. The molecule has 2 unspecified atom stereocenters. The number of halogens is 1. The highest BCUT2D eigenvalue weighted by Gasteiger charge is 2.34. The quantitative estimate of drug-likeness (QED) is 0.828. The first-order valence-electron chi connectivity index (χ1n) is 7.24. The summed E-state index contributed by atoms with van der Waals surface area (Å²) in [5, 5.41) is 3.54. The van der Waals surface area contributed by atoms with Crippen LogP contribution in [0.15, 0.2) is 18.2 Å². The molecule has 0 spiro atoms. The van der Waals surface area contributed by atoms with Gasteiger partial charge in [-0.25, -0.2) is 4.39 Å². The standard InChI is InChI=1S/C16H22FN/c1-11-7-14(17)10-16(8-11)18-15-4-2-3-13(9-15)12-5-6-12/h7-8,10,12-13,15,18H,2-6,9H2,1H3. The van der Waals surface area contributed by atoms with Crippen molar-refractivity contribution in [2.45, 2.75) is 51.5 Å². The maximum atomic E-state index is 13.4. The van der Waals surface area contributed by atoms with Crippen LogP contribution in [-0.4, -0.2) is 6.04 Å². The van der Waals surface area contributed by atoms with E-state index < -0.39 is 0 Å². The molecule has 2 aliphatic rings. The third kappa shape index (κ3) is 2.85. The van der Waals surface area contributed by atoms with Gasteiger partial charge < -0.3 is 5.32 Å². The molecule has 2 aliphatic carbocycles. The minimum Gasteiger partial charge on any atom is -0.382 e. The van der Waals surface area contributed by atoms with E-state index in [4.69, 9.17) is 0 Å². The smallest absolute Gasteiger partial charge is 0.125 e. The van der Waals surface area contributed by atoms with E-state index in [9.17, 15) is 4.39 Å². The molecule has 98 valence electrons. The van der Waals surface area contributed by atoms with Crippen molar-refractivity contribution in [2.75, 3.05) is 5.32 Å². The second-order valence-corrected chi connectivity index (χ2v) is 6.12. The highest BCUT2D eigenvalue weighted by atomic mass is 19.1. The van der Waals surface area contributed by atoms with E-state index >= 15 is 0 Å². The number of hydrogen-bond acceptors (Lipinski definition) is 1. The summed E-state index contributed by atoms with van der Waals surface area (Å²) >= 11 is 0. The van der Waals surface area contributed by atoms with Gasteiger partial charge in [0.05, 0.1) is 0 Å². The summed E-state index contributed by atoms with van der Waals surface area (Å²) in [6, 6.07) is 5.79. The number of hydrogen-bond donors (Lipinski definition) is 1. The first-order valence-corrected chi connectivity index (χ1v) is 7.24. The van der Waals surface area contributed by atoms with Crippen LogP contribution >= 0.6 is 0 Å². The Morgan fingerprint density at radius 3 is 2.61 bits per heavy atom. The van der Waals surface area contributed by atoms with Crippen molar-refractivity contribution in [1.29, 1.82) is 0 Å². The fourth-order valence-corrected chi connectivity index (χ4v) is 3.41. The largest absolute Gasteiger partial charge is 0.382 e.